The van der Waals surface area contributed by atoms with Crippen molar-refractivity contribution < 1.29 is 0 Å². The van der Waals surface area contributed by atoms with Crippen LogP contribution in [0.5, 0.6) is 0 Å². The highest BCUT2D eigenvalue weighted by Gasteiger charge is 2.23. The highest BCUT2D eigenvalue weighted by molar-refractivity contribution is 5.75. The molecule has 7 heteroatoms. The zero-order valence-corrected chi connectivity index (χ0v) is 17.8. The minimum absolute atomic E-state index is 0.694. The van der Waals surface area contributed by atoms with E-state index < -0.39 is 0 Å². The number of nitrogens with one attached hydrogen (secondary N) is 1. The average Bonchev–Trinajstić information content (AvgIpc) is 2.92. The quantitative estimate of drug-likeness (QED) is 0.692. The molecule has 30 heavy (non-hydrogen) atoms. The number of aromatic nitrogens is 4. The maximum atomic E-state index is 5.03. The number of anilines is 3. The van der Waals surface area contributed by atoms with Crippen molar-refractivity contribution in [1.82, 2.24) is 19.9 Å². The van der Waals surface area contributed by atoms with Crippen molar-refractivity contribution in [3.63, 3.8) is 0 Å². The molecule has 0 atom stereocenters. The second-order valence-corrected chi connectivity index (χ2v) is 7.47. The largest absolute Gasteiger partial charge is 0.372 e. The Balaban J connectivity index is 1.70. The predicted molar refractivity (Wildman–Crippen MR) is 122 cm³/mol. The molecule has 0 spiro atoms. The van der Waals surface area contributed by atoms with Crippen molar-refractivity contribution in [2.45, 2.75) is 26.7 Å². The second kappa shape index (κ2) is 8.49. The van der Waals surface area contributed by atoms with E-state index in [1.54, 1.807) is 12.4 Å². The van der Waals surface area contributed by atoms with Crippen molar-refractivity contribution in [3.8, 4) is 11.3 Å². The number of aryl methyl sites for hydroxylation is 2. The Labute approximate surface area is 177 Å². The van der Waals surface area contributed by atoms with Crippen LogP contribution in [0.15, 0.2) is 55.3 Å². The first-order valence-electron chi connectivity index (χ1n) is 10.2. The zero-order valence-electron chi connectivity index (χ0n) is 17.8. The summed E-state index contributed by atoms with van der Waals surface area (Å²) in [5.74, 6) is 2.32. The number of rotatable bonds is 5. The minimum atomic E-state index is 0.694. The van der Waals surface area contributed by atoms with Gasteiger partial charge in [-0.15, -0.1) is 0 Å². The van der Waals surface area contributed by atoms with E-state index in [1.165, 1.54) is 0 Å². The molecule has 3 aromatic heterocycles. The Morgan fingerprint density at radius 1 is 1.17 bits per heavy atom. The fourth-order valence-electron chi connectivity index (χ4n) is 3.61. The number of hydrogen-bond donors (Lipinski definition) is 1. The highest BCUT2D eigenvalue weighted by Crippen LogP contribution is 2.34. The molecule has 0 radical (unpaired) electrons. The van der Waals surface area contributed by atoms with Crippen LogP contribution in [0.2, 0.25) is 0 Å². The molecule has 1 N–H and O–H groups in total. The molecule has 0 saturated carbocycles. The lowest BCUT2D eigenvalue weighted by Gasteiger charge is -2.27. The van der Waals surface area contributed by atoms with E-state index in [9.17, 15) is 0 Å². The molecular weight excluding hydrogens is 374 g/mol. The standard InChI is InChI=1S/C23H27N7/c1-5-19-14-24-15-22(27-19)26-17(3)30-12-6-11-29(4)21-8-7-20(28-23(21)30)18-9-10-25-16(2)13-18/h7-10,13-15H,3,5-6,11-12H2,1-2,4H3,(H,26,27). The van der Waals surface area contributed by atoms with Crippen molar-refractivity contribution in [1.29, 1.82) is 0 Å². The molecule has 3 aromatic rings. The van der Waals surface area contributed by atoms with Crippen molar-refractivity contribution in [2.24, 2.45) is 0 Å². The van der Waals surface area contributed by atoms with Gasteiger partial charge in [0.2, 0.25) is 0 Å². The van der Waals surface area contributed by atoms with E-state index in [0.29, 0.717) is 5.82 Å². The Kier molecular flexibility index (Phi) is 5.61. The number of nitrogens with zero attached hydrogens (tertiary/aromatic N) is 6. The van der Waals surface area contributed by atoms with Gasteiger partial charge >= 0.3 is 0 Å². The lowest BCUT2D eigenvalue weighted by molar-refractivity contribution is 0.788. The molecule has 1 aliphatic rings. The summed E-state index contributed by atoms with van der Waals surface area (Å²) in [7, 11) is 2.10. The first kappa shape index (κ1) is 19.8. The van der Waals surface area contributed by atoms with Crippen molar-refractivity contribution in [3.05, 3.63) is 66.6 Å². The fourth-order valence-corrected chi connectivity index (χ4v) is 3.61. The van der Waals surface area contributed by atoms with Crippen LogP contribution >= 0.6 is 0 Å². The van der Waals surface area contributed by atoms with Crippen molar-refractivity contribution in [2.75, 3.05) is 35.3 Å². The Hall–Kier alpha value is -3.48. The molecule has 4 rings (SSSR count). The molecule has 1 aliphatic heterocycles. The van der Waals surface area contributed by atoms with Crippen LogP contribution < -0.4 is 15.1 Å². The normalized spacial score (nSPS) is 13.6. The van der Waals surface area contributed by atoms with E-state index in [1.807, 2.05) is 19.2 Å². The third-order valence-corrected chi connectivity index (χ3v) is 5.23. The van der Waals surface area contributed by atoms with E-state index in [-0.39, 0.29) is 0 Å². The molecule has 0 amide bonds. The third kappa shape index (κ3) is 4.10. The van der Waals surface area contributed by atoms with E-state index in [4.69, 9.17) is 4.98 Å². The van der Waals surface area contributed by atoms with Crippen LogP contribution in [0.4, 0.5) is 17.3 Å². The molecule has 154 valence electrons. The molecule has 0 aromatic carbocycles. The lowest BCUT2D eigenvalue weighted by Crippen LogP contribution is -2.28. The van der Waals surface area contributed by atoms with E-state index in [0.717, 1.165) is 65.9 Å². The van der Waals surface area contributed by atoms with Gasteiger partial charge in [-0.05, 0) is 44.0 Å². The molecule has 0 unspecified atom stereocenters. The Morgan fingerprint density at radius 2 is 2.03 bits per heavy atom. The van der Waals surface area contributed by atoms with Gasteiger partial charge in [0.15, 0.2) is 5.82 Å². The Morgan fingerprint density at radius 3 is 2.83 bits per heavy atom. The van der Waals surface area contributed by atoms with Gasteiger partial charge in [0, 0.05) is 43.8 Å². The summed E-state index contributed by atoms with van der Waals surface area (Å²) in [5, 5.41) is 3.33. The van der Waals surface area contributed by atoms with Crippen LogP contribution in [-0.2, 0) is 6.42 Å². The van der Waals surface area contributed by atoms with Gasteiger partial charge in [0.05, 0.1) is 23.3 Å². The molecule has 4 heterocycles. The van der Waals surface area contributed by atoms with Crippen LogP contribution in [-0.4, -0.2) is 40.1 Å². The molecular formula is C23H27N7. The highest BCUT2D eigenvalue weighted by atomic mass is 15.3. The number of hydrogen-bond acceptors (Lipinski definition) is 7. The zero-order chi connectivity index (χ0) is 21.1. The first-order valence-corrected chi connectivity index (χ1v) is 10.2. The maximum absolute atomic E-state index is 5.03. The fraction of sp³-hybridized carbons (Fsp3) is 0.304. The average molecular weight is 402 g/mol. The Bertz CT molecular complexity index is 1060. The van der Waals surface area contributed by atoms with Gasteiger partial charge in [-0.3, -0.25) is 9.97 Å². The minimum Gasteiger partial charge on any atom is -0.372 e. The monoisotopic (exact) mass is 401 g/mol. The van der Waals surface area contributed by atoms with Gasteiger partial charge in [-0.2, -0.15) is 0 Å². The van der Waals surface area contributed by atoms with Crippen LogP contribution in [0.1, 0.15) is 24.7 Å². The van der Waals surface area contributed by atoms with E-state index in [2.05, 4.69) is 68.8 Å². The predicted octanol–water partition coefficient (Wildman–Crippen LogP) is 4.03. The van der Waals surface area contributed by atoms with Crippen molar-refractivity contribution >= 4 is 17.3 Å². The molecule has 0 fully saturated rings. The third-order valence-electron chi connectivity index (χ3n) is 5.23. The van der Waals surface area contributed by atoms with Gasteiger partial charge in [-0.1, -0.05) is 13.5 Å². The lowest BCUT2D eigenvalue weighted by atomic mass is 10.1. The van der Waals surface area contributed by atoms with Gasteiger partial charge in [0.25, 0.3) is 0 Å². The summed E-state index contributed by atoms with van der Waals surface area (Å²) >= 11 is 0. The van der Waals surface area contributed by atoms with Gasteiger partial charge < -0.3 is 15.1 Å². The SMILES string of the molecule is C=C(Nc1cncc(CC)n1)N1CCCN(C)c2ccc(-c3ccnc(C)c3)nc21. The van der Waals surface area contributed by atoms with Crippen LogP contribution in [0.25, 0.3) is 11.3 Å². The molecule has 7 nitrogen and oxygen atoms in total. The number of fused-ring (bicyclic) bond motifs is 1. The summed E-state index contributed by atoms with van der Waals surface area (Å²) in [6.45, 7) is 10.1. The maximum Gasteiger partial charge on any atom is 0.158 e. The second-order valence-electron chi connectivity index (χ2n) is 7.47. The summed E-state index contributed by atoms with van der Waals surface area (Å²) in [5.41, 5.74) is 4.96. The molecule has 0 bridgehead atoms. The van der Waals surface area contributed by atoms with Gasteiger partial charge in [-0.25, -0.2) is 9.97 Å². The van der Waals surface area contributed by atoms with E-state index >= 15 is 0 Å². The van der Waals surface area contributed by atoms with Crippen LogP contribution in [0.3, 0.4) is 0 Å². The van der Waals surface area contributed by atoms with Gasteiger partial charge in [0.1, 0.15) is 11.6 Å². The summed E-state index contributed by atoms with van der Waals surface area (Å²) in [4.78, 5) is 22.6. The molecule has 0 saturated heterocycles. The summed E-state index contributed by atoms with van der Waals surface area (Å²) < 4.78 is 0. The van der Waals surface area contributed by atoms with Crippen LogP contribution in [0, 0.1) is 6.92 Å². The topological polar surface area (TPSA) is 70.1 Å². The summed E-state index contributed by atoms with van der Waals surface area (Å²) in [6, 6.07) is 8.25. The summed E-state index contributed by atoms with van der Waals surface area (Å²) in [6.07, 6.45) is 7.16. The number of pyridine rings is 2. The smallest absolute Gasteiger partial charge is 0.158 e. The molecule has 0 aliphatic carbocycles. The first-order chi connectivity index (χ1) is 14.5.